The molecule has 0 spiro atoms. The number of hydrogen-bond donors (Lipinski definition) is 3. The number of aliphatic hydroxyl groups is 2. The molecule has 1 aromatic rings. The van der Waals surface area contributed by atoms with Gasteiger partial charge in [-0.05, 0) is 37.5 Å². The van der Waals surface area contributed by atoms with Gasteiger partial charge in [0.1, 0.15) is 12.4 Å². The van der Waals surface area contributed by atoms with Crippen molar-refractivity contribution in [2.75, 3.05) is 13.2 Å². The number of rotatable bonds is 7. The molecule has 18 heavy (non-hydrogen) atoms. The Morgan fingerprint density at radius 2 is 2.17 bits per heavy atom. The highest BCUT2D eigenvalue weighted by molar-refractivity contribution is 5.28. The molecule has 0 aliphatic heterocycles. The Morgan fingerprint density at radius 1 is 1.39 bits per heavy atom. The molecular formula is C14H21NO3. The summed E-state index contributed by atoms with van der Waals surface area (Å²) >= 11 is 0. The minimum Gasteiger partial charge on any atom is -0.492 e. The third kappa shape index (κ3) is 3.70. The van der Waals surface area contributed by atoms with Crippen molar-refractivity contribution in [2.24, 2.45) is 0 Å². The second kappa shape index (κ2) is 5.69. The Bertz CT molecular complexity index is 392. The maximum Gasteiger partial charge on any atom is 0.119 e. The molecule has 1 aliphatic rings. The summed E-state index contributed by atoms with van der Waals surface area (Å²) in [5.74, 6) is 0.721. The van der Waals surface area contributed by atoms with Crippen molar-refractivity contribution in [3.05, 3.63) is 29.8 Å². The highest BCUT2D eigenvalue weighted by Gasteiger charge is 2.32. The van der Waals surface area contributed by atoms with Gasteiger partial charge in [-0.15, -0.1) is 0 Å². The van der Waals surface area contributed by atoms with Crippen LogP contribution in [0.1, 0.15) is 25.3 Å². The largest absolute Gasteiger partial charge is 0.492 e. The molecule has 100 valence electrons. The molecule has 4 nitrogen and oxygen atoms in total. The average molecular weight is 251 g/mol. The van der Waals surface area contributed by atoms with E-state index in [0.29, 0.717) is 12.6 Å². The predicted molar refractivity (Wildman–Crippen MR) is 69.5 cm³/mol. The van der Waals surface area contributed by atoms with Gasteiger partial charge in [-0.25, -0.2) is 0 Å². The lowest BCUT2D eigenvalue weighted by molar-refractivity contribution is 0.114. The Kier molecular flexibility index (Phi) is 4.22. The highest BCUT2D eigenvalue weighted by Crippen LogP contribution is 2.23. The van der Waals surface area contributed by atoms with Crippen LogP contribution in [0.4, 0.5) is 0 Å². The minimum atomic E-state index is -0.406. The summed E-state index contributed by atoms with van der Waals surface area (Å²) in [5.41, 5.74) is 0.421. The molecule has 1 saturated carbocycles. The smallest absolute Gasteiger partial charge is 0.119 e. The maximum absolute atomic E-state index is 9.46. The summed E-state index contributed by atoms with van der Waals surface area (Å²) in [7, 11) is 0. The monoisotopic (exact) mass is 251 g/mol. The molecule has 1 atom stereocenters. The molecule has 0 heterocycles. The Hall–Kier alpha value is -1.10. The van der Waals surface area contributed by atoms with Crippen LogP contribution in [-0.4, -0.2) is 35.0 Å². The molecule has 3 N–H and O–H groups in total. The van der Waals surface area contributed by atoms with Crippen LogP contribution in [-0.2, 0) is 6.61 Å². The van der Waals surface area contributed by atoms with Crippen LogP contribution in [0.3, 0.4) is 0 Å². The van der Waals surface area contributed by atoms with E-state index < -0.39 is 5.54 Å². The second-order valence-electron chi connectivity index (χ2n) is 5.23. The van der Waals surface area contributed by atoms with Crippen LogP contribution in [0.15, 0.2) is 24.3 Å². The minimum absolute atomic E-state index is 0.00872. The fraction of sp³-hybridized carbons (Fsp3) is 0.571. The van der Waals surface area contributed by atoms with E-state index in [2.05, 4.69) is 5.32 Å². The van der Waals surface area contributed by atoms with E-state index in [4.69, 9.17) is 9.84 Å². The van der Waals surface area contributed by atoms with Crippen LogP contribution >= 0.6 is 0 Å². The van der Waals surface area contributed by atoms with Gasteiger partial charge in [0.25, 0.3) is 0 Å². The first-order chi connectivity index (χ1) is 8.65. The zero-order valence-electron chi connectivity index (χ0n) is 10.7. The van der Waals surface area contributed by atoms with Crippen molar-refractivity contribution in [1.82, 2.24) is 5.32 Å². The molecule has 0 aromatic heterocycles. The van der Waals surface area contributed by atoms with Crippen LogP contribution in [0.2, 0.25) is 0 Å². The molecule has 1 aliphatic carbocycles. The number of aliphatic hydroxyl groups excluding tert-OH is 2. The van der Waals surface area contributed by atoms with Gasteiger partial charge in [0.15, 0.2) is 0 Å². The normalized spacial score (nSPS) is 18.4. The van der Waals surface area contributed by atoms with Gasteiger partial charge in [-0.2, -0.15) is 0 Å². The summed E-state index contributed by atoms with van der Waals surface area (Å²) in [5, 5.41) is 21.9. The third-order valence-corrected chi connectivity index (χ3v) is 3.12. The van der Waals surface area contributed by atoms with Crippen molar-refractivity contribution >= 4 is 0 Å². The summed E-state index contributed by atoms with van der Waals surface area (Å²) in [4.78, 5) is 0. The van der Waals surface area contributed by atoms with Gasteiger partial charge in [0.2, 0.25) is 0 Å². The maximum atomic E-state index is 9.46. The van der Waals surface area contributed by atoms with E-state index in [1.165, 1.54) is 12.8 Å². The van der Waals surface area contributed by atoms with E-state index in [1.54, 1.807) is 0 Å². The first-order valence-electron chi connectivity index (χ1n) is 6.36. The van der Waals surface area contributed by atoms with Crippen molar-refractivity contribution in [3.8, 4) is 5.75 Å². The van der Waals surface area contributed by atoms with Gasteiger partial charge in [-0.1, -0.05) is 12.1 Å². The fourth-order valence-corrected chi connectivity index (χ4v) is 1.83. The molecule has 4 heteroatoms. The molecule has 0 bridgehead atoms. The van der Waals surface area contributed by atoms with Crippen molar-refractivity contribution < 1.29 is 14.9 Å². The SMILES string of the molecule is CC(CO)(COc1cccc(CO)c1)NC1CC1. The molecule has 0 amide bonds. The zero-order chi connectivity index (χ0) is 13.0. The highest BCUT2D eigenvalue weighted by atomic mass is 16.5. The Morgan fingerprint density at radius 3 is 2.78 bits per heavy atom. The summed E-state index contributed by atoms with van der Waals surface area (Å²) in [6, 6.07) is 7.89. The van der Waals surface area contributed by atoms with Crippen LogP contribution < -0.4 is 10.1 Å². The van der Waals surface area contributed by atoms with Gasteiger partial charge >= 0.3 is 0 Å². The third-order valence-electron chi connectivity index (χ3n) is 3.12. The molecule has 2 rings (SSSR count). The quantitative estimate of drug-likeness (QED) is 0.678. The standard InChI is InChI=1S/C14H21NO3/c1-14(9-17,15-12-5-6-12)10-18-13-4-2-3-11(7-13)8-16/h2-4,7,12,15-17H,5-6,8-10H2,1H3. The van der Waals surface area contributed by atoms with Gasteiger partial charge < -0.3 is 20.3 Å². The first kappa shape index (κ1) is 13.3. The first-order valence-corrected chi connectivity index (χ1v) is 6.36. The molecule has 1 fully saturated rings. The van der Waals surface area contributed by atoms with E-state index in [1.807, 2.05) is 31.2 Å². The van der Waals surface area contributed by atoms with Crippen LogP contribution in [0, 0.1) is 0 Å². The van der Waals surface area contributed by atoms with Crippen molar-refractivity contribution in [1.29, 1.82) is 0 Å². The molecular weight excluding hydrogens is 230 g/mol. The van der Waals surface area contributed by atoms with Crippen LogP contribution in [0.5, 0.6) is 5.75 Å². The number of ether oxygens (including phenoxy) is 1. The summed E-state index contributed by atoms with van der Waals surface area (Å²) in [6.07, 6.45) is 2.35. The summed E-state index contributed by atoms with van der Waals surface area (Å²) in [6.45, 7) is 2.42. The van der Waals surface area contributed by atoms with Crippen LogP contribution in [0.25, 0.3) is 0 Å². The van der Waals surface area contributed by atoms with Crippen molar-refractivity contribution in [3.63, 3.8) is 0 Å². The predicted octanol–water partition coefficient (Wildman–Crippen LogP) is 1.06. The van der Waals surface area contributed by atoms with E-state index in [0.717, 1.165) is 11.3 Å². The Labute approximate surface area is 108 Å². The average Bonchev–Trinajstić information content (AvgIpc) is 3.20. The van der Waals surface area contributed by atoms with E-state index >= 15 is 0 Å². The van der Waals surface area contributed by atoms with Gasteiger partial charge in [0.05, 0.1) is 18.8 Å². The van der Waals surface area contributed by atoms with E-state index in [9.17, 15) is 5.11 Å². The lowest BCUT2D eigenvalue weighted by Gasteiger charge is -2.28. The lowest BCUT2D eigenvalue weighted by Crippen LogP contribution is -2.51. The van der Waals surface area contributed by atoms with Gasteiger partial charge in [0, 0.05) is 6.04 Å². The van der Waals surface area contributed by atoms with Crippen molar-refractivity contribution in [2.45, 2.75) is 38.0 Å². The lowest BCUT2D eigenvalue weighted by atomic mass is 10.1. The molecule has 1 unspecified atom stereocenters. The molecule has 0 saturated heterocycles. The number of benzene rings is 1. The summed E-state index contributed by atoms with van der Waals surface area (Å²) < 4.78 is 5.70. The fourth-order valence-electron chi connectivity index (χ4n) is 1.83. The molecule has 0 radical (unpaired) electrons. The molecule has 1 aromatic carbocycles. The number of nitrogens with one attached hydrogen (secondary N) is 1. The topological polar surface area (TPSA) is 61.7 Å². The second-order valence-corrected chi connectivity index (χ2v) is 5.23. The number of hydrogen-bond acceptors (Lipinski definition) is 4. The Balaban J connectivity index is 1.91. The van der Waals surface area contributed by atoms with Gasteiger partial charge in [-0.3, -0.25) is 0 Å². The zero-order valence-corrected chi connectivity index (χ0v) is 10.7. The van der Waals surface area contributed by atoms with E-state index in [-0.39, 0.29) is 13.2 Å².